The normalized spacial score (nSPS) is 10.3. The van der Waals surface area contributed by atoms with Crippen LogP contribution in [0.25, 0.3) is 16.3 Å². The van der Waals surface area contributed by atoms with E-state index in [0.717, 1.165) is 22.1 Å². The van der Waals surface area contributed by atoms with E-state index in [1.165, 1.54) is 0 Å². The molecule has 0 atom stereocenters. The van der Waals surface area contributed by atoms with E-state index in [1.807, 2.05) is 54.6 Å². The van der Waals surface area contributed by atoms with Crippen molar-refractivity contribution in [3.05, 3.63) is 78.9 Å². The van der Waals surface area contributed by atoms with Gasteiger partial charge in [-0.3, -0.25) is 0 Å². The summed E-state index contributed by atoms with van der Waals surface area (Å²) >= 11 is 0. The van der Waals surface area contributed by atoms with Crippen LogP contribution in [0.3, 0.4) is 0 Å². The van der Waals surface area contributed by atoms with Crippen LogP contribution in [-0.4, -0.2) is 13.1 Å². The van der Waals surface area contributed by atoms with Crippen LogP contribution < -0.4 is 9.47 Å². The fourth-order valence-electron chi connectivity index (χ4n) is 2.31. The van der Waals surface area contributed by atoms with Crippen LogP contribution in [-0.2, 0) is 4.79 Å². The Bertz CT molecular complexity index is 866. The lowest BCUT2D eigenvalue weighted by Gasteiger charge is -2.08. The second-order valence-corrected chi connectivity index (χ2v) is 5.11. The van der Waals surface area contributed by atoms with Gasteiger partial charge in [-0.25, -0.2) is 4.79 Å². The Morgan fingerprint density at radius 1 is 0.870 bits per heavy atom. The number of ether oxygens (including phenoxy) is 2. The maximum absolute atomic E-state index is 12.2. The Kier molecular flexibility index (Phi) is 4.11. The van der Waals surface area contributed by atoms with E-state index in [-0.39, 0.29) is 0 Å². The first-order chi connectivity index (χ1) is 11.2. The Morgan fingerprint density at radius 2 is 1.57 bits per heavy atom. The third-order valence-electron chi connectivity index (χ3n) is 3.60. The molecule has 0 aliphatic rings. The maximum atomic E-state index is 12.2. The van der Waals surface area contributed by atoms with Crippen molar-refractivity contribution in [1.82, 2.24) is 0 Å². The van der Waals surface area contributed by atoms with E-state index < -0.39 is 5.97 Å². The predicted molar refractivity (Wildman–Crippen MR) is 91.6 cm³/mol. The molecular formula is C20H16O3. The number of hydrogen-bond acceptors (Lipinski definition) is 3. The standard InChI is InChI=1S/C20H16O3/c1-14(20(21)23-18-6-4-3-5-7-18)15-8-9-17-13-19(22-2)11-10-16(17)12-15/h3-13H,1H2,2H3. The van der Waals surface area contributed by atoms with Gasteiger partial charge < -0.3 is 9.47 Å². The molecule has 3 nitrogen and oxygen atoms in total. The molecule has 0 unspecified atom stereocenters. The van der Waals surface area contributed by atoms with E-state index in [9.17, 15) is 4.79 Å². The van der Waals surface area contributed by atoms with Crippen LogP contribution in [0, 0.1) is 0 Å². The van der Waals surface area contributed by atoms with Crippen LogP contribution in [0.2, 0.25) is 0 Å². The van der Waals surface area contributed by atoms with Gasteiger partial charge in [0.15, 0.2) is 0 Å². The van der Waals surface area contributed by atoms with Gasteiger partial charge in [-0.2, -0.15) is 0 Å². The first-order valence-corrected chi connectivity index (χ1v) is 7.22. The lowest BCUT2D eigenvalue weighted by Crippen LogP contribution is -2.09. The van der Waals surface area contributed by atoms with Crippen molar-refractivity contribution in [3.8, 4) is 11.5 Å². The molecule has 114 valence electrons. The molecule has 0 saturated carbocycles. The van der Waals surface area contributed by atoms with Gasteiger partial charge in [0.1, 0.15) is 11.5 Å². The number of para-hydroxylation sites is 1. The highest BCUT2D eigenvalue weighted by Crippen LogP contribution is 2.25. The zero-order valence-corrected chi connectivity index (χ0v) is 12.8. The van der Waals surface area contributed by atoms with Gasteiger partial charge in [0, 0.05) is 0 Å². The van der Waals surface area contributed by atoms with Gasteiger partial charge >= 0.3 is 5.97 Å². The summed E-state index contributed by atoms with van der Waals surface area (Å²) in [4.78, 5) is 12.2. The van der Waals surface area contributed by atoms with Crippen molar-refractivity contribution < 1.29 is 14.3 Å². The molecule has 0 spiro atoms. The summed E-state index contributed by atoms with van der Waals surface area (Å²) in [6.07, 6.45) is 0. The third-order valence-corrected chi connectivity index (χ3v) is 3.60. The monoisotopic (exact) mass is 304 g/mol. The van der Waals surface area contributed by atoms with E-state index in [1.54, 1.807) is 19.2 Å². The van der Waals surface area contributed by atoms with Gasteiger partial charge in [0.05, 0.1) is 12.7 Å². The number of carbonyl (C=O) groups is 1. The van der Waals surface area contributed by atoms with Crippen molar-refractivity contribution in [2.75, 3.05) is 7.11 Å². The first-order valence-electron chi connectivity index (χ1n) is 7.22. The van der Waals surface area contributed by atoms with Crippen molar-refractivity contribution in [1.29, 1.82) is 0 Å². The molecule has 3 heteroatoms. The smallest absolute Gasteiger partial charge is 0.343 e. The maximum Gasteiger partial charge on any atom is 0.343 e. The first kappa shape index (κ1) is 14.9. The van der Waals surface area contributed by atoms with Gasteiger partial charge in [-0.15, -0.1) is 0 Å². The molecule has 0 radical (unpaired) electrons. The minimum Gasteiger partial charge on any atom is -0.497 e. The molecule has 0 heterocycles. The number of carbonyl (C=O) groups excluding carboxylic acids is 1. The molecule has 3 rings (SSSR count). The van der Waals surface area contributed by atoms with Crippen molar-refractivity contribution in [2.24, 2.45) is 0 Å². The molecule has 0 aliphatic carbocycles. The molecule has 0 fully saturated rings. The highest BCUT2D eigenvalue weighted by molar-refractivity contribution is 6.17. The lowest BCUT2D eigenvalue weighted by molar-refractivity contribution is -0.127. The fourth-order valence-corrected chi connectivity index (χ4v) is 2.31. The quantitative estimate of drug-likeness (QED) is 0.405. The van der Waals surface area contributed by atoms with E-state index in [4.69, 9.17) is 9.47 Å². The zero-order valence-electron chi connectivity index (χ0n) is 12.8. The summed E-state index contributed by atoms with van der Waals surface area (Å²) in [6.45, 7) is 3.86. The predicted octanol–water partition coefficient (Wildman–Crippen LogP) is 4.47. The molecule has 0 bridgehead atoms. The Hall–Kier alpha value is -3.07. The number of fused-ring (bicyclic) bond motifs is 1. The van der Waals surface area contributed by atoms with Crippen LogP contribution in [0.15, 0.2) is 73.3 Å². The minimum absolute atomic E-state index is 0.326. The van der Waals surface area contributed by atoms with Crippen molar-refractivity contribution >= 4 is 22.3 Å². The van der Waals surface area contributed by atoms with Crippen molar-refractivity contribution in [2.45, 2.75) is 0 Å². The van der Waals surface area contributed by atoms with E-state index >= 15 is 0 Å². The van der Waals surface area contributed by atoms with Gasteiger partial charge in [0.2, 0.25) is 0 Å². The third kappa shape index (κ3) is 3.24. The van der Waals surface area contributed by atoms with Crippen LogP contribution in [0.1, 0.15) is 5.56 Å². The number of esters is 1. The SMILES string of the molecule is C=C(C(=O)Oc1ccccc1)c1ccc2cc(OC)ccc2c1. The van der Waals surface area contributed by atoms with Crippen LogP contribution in [0.4, 0.5) is 0 Å². The summed E-state index contributed by atoms with van der Waals surface area (Å²) in [6, 6.07) is 20.5. The van der Waals surface area contributed by atoms with E-state index in [2.05, 4.69) is 6.58 Å². The summed E-state index contributed by atoms with van der Waals surface area (Å²) in [5.74, 6) is 0.848. The van der Waals surface area contributed by atoms with Crippen molar-refractivity contribution in [3.63, 3.8) is 0 Å². The minimum atomic E-state index is -0.455. The van der Waals surface area contributed by atoms with Gasteiger partial charge in [-0.1, -0.05) is 43.0 Å². The molecule has 0 aliphatic heterocycles. The summed E-state index contributed by atoms with van der Waals surface area (Å²) < 4.78 is 10.5. The molecule has 0 saturated heterocycles. The fraction of sp³-hybridized carbons (Fsp3) is 0.0500. The van der Waals surface area contributed by atoms with Gasteiger partial charge in [-0.05, 0) is 46.7 Å². The van der Waals surface area contributed by atoms with E-state index in [0.29, 0.717) is 11.3 Å². The molecule has 0 N–H and O–H groups in total. The Labute approximate surface area is 134 Å². The molecule has 0 aromatic heterocycles. The molecule has 3 aromatic carbocycles. The summed E-state index contributed by atoms with van der Waals surface area (Å²) in [7, 11) is 1.64. The van der Waals surface area contributed by atoms with Gasteiger partial charge in [0.25, 0.3) is 0 Å². The van der Waals surface area contributed by atoms with Crippen LogP contribution in [0.5, 0.6) is 11.5 Å². The highest BCUT2D eigenvalue weighted by atomic mass is 16.5. The lowest BCUT2D eigenvalue weighted by atomic mass is 10.0. The highest BCUT2D eigenvalue weighted by Gasteiger charge is 2.12. The summed E-state index contributed by atoms with van der Waals surface area (Å²) in [5.41, 5.74) is 1.06. The molecular weight excluding hydrogens is 288 g/mol. The molecule has 23 heavy (non-hydrogen) atoms. The number of benzene rings is 3. The van der Waals surface area contributed by atoms with Crippen LogP contribution >= 0.6 is 0 Å². The number of methoxy groups -OCH3 is 1. The second-order valence-electron chi connectivity index (χ2n) is 5.11. The Morgan fingerprint density at radius 3 is 2.30 bits per heavy atom. The average molecular weight is 304 g/mol. The second kappa shape index (κ2) is 6.36. The molecule has 3 aromatic rings. The summed E-state index contributed by atoms with van der Waals surface area (Å²) in [5, 5.41) is 2.05. The zero-order chi connectivity index (χ0) is 16.2. The topological polar surface area (TPSA) is 35.5 Å². The largest absolute Gasteiger partial charge is 0.497 e. The number of hydrogen-bond donors (Lipinski definition) is 0. The average Bonchev–Trinajstić information content (AvgIpc) is 2.61. The Balaban J connectivity index is 1.84. The number of rotatable bonds is 4. The molecule has 0 amide bonds.